The van der Waals surface area contributed by atoms with Crippen molar-refractivity contribution in [3.05, 3.63) is 60.2 Å². The van der Waals surface area contributed by atoms with Crippen LogP contribution in [0.4, 0.5) is 0 Å². The number of aliphatic hydroxyl groups excluding tert-OH is 1. The molecule has 0 radical (unpaired) electrons. The standard InChI is InChI=1S/C17H14N4OS/c1-21-14-7-3-2-6-13(14)20-17(21)12(10-18)15(22)11-23-16-8-4-5-9-19-16/h2-9,22H,11H2,1H3/b15-12-. The van der Waals surface area contributed by atoms with Crippen LogP contribution >= 0.6 is 11.8 Å². The number of aryl methyl sites for hydroxylation is 1. The van der Waals surface area contributed by atoms with E-state index in [1.807, 2.05) is 54.1 Å². The van der Waals surface area contributed by atoms with E-state index >= 15 is 0 Å². The van der Waals surface area contributed by atoms with Crippen LogP contribution < -0.4 is 0 Å². The maximum Gasteiger partial charge on any atom is 0.155 e. The summed E-state index contributed by atoms with van der Waals surface area (Å²) in [5.41, 5.74) is 1.90. The summed E-state index contributed by atoms with van der Waals surface area (Å²) in [7, 11) is 1.83. The summed E-state index contributed by atoms with van der Waals surface area (Å²) < 4.78 is 1.82. The summed E-state index contributed by atoms with van der Waals surface area (Å²) in [5, 5.41) is 20.6. The van der Waals surface area contributed by atoms with Gasteiger partial charge >= 0.3 is 0 Å². The third-order valence-electron chi connectivity index (χ3n) is 3.41. The number of nitriles is 1. The van der Waals surface area contributed by atoms with Crippen LogP contribution in [0, 0.1) is 11.3 Å². The van der Waals surface area contributed by atoms with E-state index in [0.29, 0.717) is 5.82 Å². The van der Waals surface area contributed by atoms with E-state index in [9.17, 15) is 10.4 Å². The van der Waals surface area contributed by atoms with E-state index in [1.54, 1.807) is 6.20 Å². The third kappa shape index (κ3) is 3.05. The lowest BCUT2D eigenvalue weighted by atomic mass is 10.2. The average molecular weight is 322 g/mol. The summed E-state index contributed by atoms with van der Waals surface area (Å²) in [6, 6.07) is 15.3. The minimum atomic E-state index is 0.00144. The number of hydrogen-bond donors (Lipinski definition) is 1. The number of nitrogens with zero attached hydrogens (tertiary/aromatic N) is 4. The smallest absolute Gasteiger partial charge is 0.155 e. The molecular weight excluding hydrogens is 308 g/mol. The van der Waals surface area contributed by atoms with E-state index < -0.39 is 0 Å². The molecule has 6 heteroatoms. The fourth-order valence-electron chi connectivity index (χ4n) is 2.26. The molecule has 5 nitrogen and oxygen atoms in total. The monoisotopic (exact) mass is 322 g/mol. The lowest BCUT2D eigenvalue weighted by Crippen LogP contribution is -2.01. The lowest BCUT2D eigenvalue weighted by Gasteiger charge is -2.05. The van der Waals surface area contributed by atoms with Gasteiger partial charge in [0.05, 0.1) is 21.8 Å². The fraction of sp³-hybridized carbons (Fsp3) is 0.118. The highest BCUT2D eigenvalue weighted by molar-refractivity contribution is 7.99. The van der Waals surface area contributed by atoms with E-state index in [4.69, 9.17) is 0 Å². The van der Waals surface area contributed by atoms with E-state index in [2.05, 4.69) is 16.0 Å². The second kappa shape index (κ2) is 6.55. The molecule has 0 fully saturated rings. The van der Waals surface area contributed by atoms with Gasteiger partial charge in [-0.25, -0.2) is 9.97 Å². The molecule has 0 aliphatic heterocycles. The van der Waals surface area contributed by atoms with E-state index in [1.165, 1.54) is 11.8 Å². The van der Waals surface area contributed by atoms with Gasteiger partial charge in [0.25, 0.3) is 0 Å². The molecule has 2 aromatic heterocycles. The first kappa shape index (κ1) is 15.1. The SMILES string of the molecule is Cn1c(/C(C#N)=C(\O)CSc2ccccn2)nc2ccccc21. The summed E-state index contributed by atoms with van der Waals surface area (Å²) >= 11 is 1.37. The number of aliphatic hydroxyl groups is 1. The molecule has 23 heavy (non-hydrogen) atoms. The first-order valence-corrected chi connectivity index (χ1v) is 7.97. The van der Waals surface area contributed by atoms with Crippen molar-refractivity contribution in [1.82, 2.24) is 14.5 Å². The molecule has 0 aliphatic rings. The highest BCUT2D eigenvalue weighted by Crippen LogP contribution is 2.25. The molecule has 0 spiro atoms. The van der Waals surface area contributed by atoms with Crippen LogP contribution in [0.15, 0.2) is 59.4 Å². The van der Waals surface area contributed by atoms with Gasteiger partial charge in [-0.3, -0.25) is 0 Å². The highest BCUT2D eigenvalue weighted by Gasteiger charge is 2.16. The summed E-state index contributed by atoms with van der Waals surface area (Å²) in [6.07, 6.45) is 1.69. The molecule has 0 saturated carbocycles. The molecule has 3 rings (SSSR count). The minimum Gasteiger partial charge on any atom is -0.510 e. The van der Waals surface area contributed by atoms with Crippen molar-refractivity contribution in [2.24, 2.45) is 7.05 Å². The average Bonchev–Trinajstić information content (AvgIpc) is 2.92. The fourth-order valence-corrected chi connectivity index (χ4v) is 3.00. The third-order valence-corrected chi connectivity index (χ3v) is 4.36. The van der Waals surface area contributed by atoms with Crippen LogP contribution in [0.5, 0.6) is 0 Å². The first-order chi connectivity index (χ1) is 11.2. The number of fused-ring (bicyclic) bond motifs is 1. The van der Waals surface area contributed by atoms with Crippen molar-refractivity contribution in [3.63, 3.8) is 0 Å². The number of thioether (sulfide) groups is 1. The van der Waals surface area contributed by atoms with Gasteiger partial charge in [-0.1, -0.05) is 30.0 Å². The Morgan fingerprint density at radius 3 is 2.74 bits per heavy atom. The molecule has 0 unspecified atom stereocenters. The lowest BCUT2D eigenvalue weighted by molar-refractivity contribution is 0.420. The maximum absolute atomic E-state index is 10.3. The second-order valence-electron chi connectivity index (χ2n) is 4.87. The van der Waals surface area contributed by atoms with Crippen molar-refractivity contribution < 1.29 is 5.11 Å². The molecule has 0 bridgehead atoms. The van der Waals surface area contributed by atoms with Crippen LogP contribution in [0.3, 0.4) is 0 Å². The van der Waals surface area contributed by atoms with Crippen LogP contribution in [0.25, 0.3) is 16.6 Å². The van der Waals surface area contributed by atoms with Gasteiger partial charge < -0.3 is 9.67 Å². The molecule has 0 amide bonds. The topological polar surface area (TPSA) is 74.7 Å². The van der Waals surface area contributed by atoms with Crippen molar-refractivity contribution in [1.29, 1.82) is 5.26 Å². The molecule has 3 aromatic rings. The number of benzene rings is 1. The Morgan fingerprint density at radius 1 is 1.26 bits per heavy atom. The molecule has 1 aromatic carbocycles. The van der Waals surface area contributed by atoms with E-state index in [-0.39, 0.29) is 17.1 Å². The molecule has 114 valence electrons. The Labute approximate surface area is 137 Å². The number of hydrogen-bond acceptors (Lipinski definition) is 5. The van der Waals surface area contributed by atoms with Crippen molar-refractivity contribution in [2.75, 3.05) is 5.75 Å². The summed E-state index contributed by atoms with van der Waals surface area (Å²) in [6.45, 7) is 0. The maximum atomic E-state index is 10.3. The van der Waals surface area contributed by atoms with Gasteiger partial charge in [-0.2, -0.15) is 5.26 Å². The molecule has 0 saturated heterocycles. The van der Waals surface area contributed by atoms with Gasteiger partial charge in [0.2, 0.25) is 0 Å². The molecule has 1 N–H and O–H groups in total. The van der Waals surface area contributed by atoms with Crippen LogP contribution in [-0.4, -0.2) is 25.4 Å². The highest BCUT2D eigenvalue weighted by atomic mass is 32.2. The van der Waals surface area contributed by atoms with Gasteiger partial charge in [-0.05, 0) is 24.3 Å². The molecular formula is C17H14N4OS. The Hall–Kier alpha value is -2.78. The zero-order valence-corrected chi connectivity index (χ0v) is 13.3. The molecule has 2 heterocycles. The molecule has 0 aliphatic carbocycles. The van der Waals surface area contributed by atoms with E-state index in [0.717, 1.165) is 16.1 Å². The quantitative estimate of drug-likeness (QED) is 0.451. The Bertz CT molecular complexity index is 909. The largest absolute Gasteiger partial charge is 0.510 e. The zero-order valence-electron chi connectivity index (χ0n) is 12.5. The number of pyridine rings is 1. The number of para-hydroxylation sites is 2. The van der Waals surface area contributed by atoms with Crippen molar-refractivity contribution >= 4 is 28.4 Å². The Balaban J connectivity index is 1.93. The van der Waals surface area contributed by atoms with Crippen molar-refractivity contribution in [2.45, 2.75) is 5.03 Å². The van der Waals surface area contributed by atoms with Crippen LogP contribution in [-0.2, 0) is 7.05 Å². The van der Waals surface area contributed by atoms with Crippen LogP contribution in [0.1, 0.15) is 5.82 Å². The van der Waals surface area contributed by atoms with Gasteiger partial charge in [0.1, 0.15) is 17.4 Å². The predicted molar refractivity (Wildman–Crippen MR) is 90.8 cm³/mol. The Kier molecular flexibility index (Phi) is 4.31. The predicted octanol–water partition coefficient (Wildman–Crippen LogP) is 3.55. The number of imidazole rings is 1. The van der Waals surface area contributed by atoms with Crippen LogP contribution in [0.2, 0.25) is 0 Å². The second-order valence-corrected chi connectivity index (χ2v) is 5.87. The van der Waals surface area contributed by atoms with Gasteiger partial charge in [0, 0.05) is 13.2 Å². The van der Waals surface area contributed by atoms with Gasteiger partial charge in [0.15, 0.2) is 5.82 Å². The Morgan fingerprint density at radius 2 is 2.04 bits per heavy atom. The van der Waals surface area contributed by atoms with Gasteiger partial charge in [-0.15, -0.1) is 0 Å². The first-order valence-electron chi connectivity index (χ1n) is 6.98. The number of rotatable bonds is 4. The summed E-state index contributed by atoms with van der Waals surface area (Å²) in [4.78, 5) is 8.64. The van der Waals surface area contributed by atoms with Crippen molar-refractivity contribution in [3.8, 4) is 6.07 Å². The number of allylic oxidation sites excluding steroid dienone is 1. The zero-order chi connectivity index (χ0) is 16.2. The minimum absolute atomic E-state index is 0.00144. The normalized spacial score (nSPS) is 12.0. The summed E-state index contributed by atoms with van der Waals surface area (Å²) in [5.74, 6) is 0.734. The molecule has 0 atom stereocenters. The number of aromatic nitrogens is 3.